The van der Waals surface area contributed by atoms with Crippen molar-refractivity contribution in [2.45, 2.75) is 31.7 Å². The molecule has 0 saturated heterocycles. The van der Waals surface area contributed by atoms with Gasteiger partial charge in [-0.2, -0.15) is 5.26 Å². The highest BCUT2D eigenvalue weighted by atomic mass is 19.4. The van der Waals surface area contributed by atoms with Crippen LogP contribution in [0.15, 0.2) is 24.3 Å². The molecule has 1 N–H and O–H groups in total. The Bertz CT molecular complexity index is 1110. The van der Waals surface area contributed by atoms with E-state index >= 15 is 0 Å². The molecule has 31 heavy (non-hydrogen) atoms. The molecule has 1 heterocycles. The van der Waals surface area contributed by atoms with Gasteiger partial charge in [-0.3, -0.25) is 4.79 Å². The van der Waals surface area contributed by atoms with Gasteiger partial charge in [-0.15, -0.1) is 13.2 Å². The molecule has 0 bridgehead atoms. The molecule has 1 aliphatic carbocycles. The van der Waals surface area contributed by atoms with Gasteiger partial charge >= 0.3 is 12.3 Å². The van der Waals surface area contributed by atoms with Crippen LogP contribution in [0.3, 0.4) is 0 Å². The second-order valence-corrected chi connectivity index (χ2v) is 7.53. The Morgan fingerprint density at radius 2 is 1.97 bits per heavy atom. The number of carboxylic acids is 1. The Morgan fingerprint density at radius 1 is 1.23 bits per heavy atom. The molecule has 0 amide bonds. The Morgan fingerprint density at radius 3 is 2.58 bits per heavy atom. The summed E-state index contributed by atoms with van der Waals surface area (Å²) in [6, 6.07) is 6.17. The third-order valence-corrected chi connectivity index (χ3v) is 5.59. The van der Waals surface area contributed by atoms with E-state index in [1.807, 2.05) is 0 Å². The van der Waals surface area contributed by atoms with Gasteiger partial charge in [0, 0.05) is 31.1 Å². The number of alkyl halides is 3. The maximum atomic E-state index is 15.0. The van der Waals surface area contributed by atoms with Crippen LogP contribution in [0.2, 0.25) is 0 Å². The summed E-state index contributed by atoms with van der Waals surface area (Å²) in [5.74, 6) is -4.16. The van der Waals surface area contributed by atoms with Crippen molar-refractivity contribution in [3.63, 3.8) is 0 Å². The lowest BCUT2D eigenvalue weighted by molar-refractivity contribution is -0.274. The van der Waals surface area contributed by atoms with Crippen molar-refractivity contribution >= 4 is 11.7 Å². The van der Waals surface area contributed by atoms with E-state index in [4.69, 9.17) is 10.4 Å². The van der Waals surface area contributed by atoms with E-state index in [-0.39, 0.29) is 31.1 Å². The summed E-state index contributed by atoms with van der Waals surface area (Å²) in [5.41, 5.74) is 0.380. The molecule has 1 fully saturated rings. The number of anilines is 1. The average molecular weight is 438 g/mol. The van der Waals surface area contributed by atoms with Gasteiger partial charge in [-0.05, 0) is 29.5 Å². The van der Waals surface area contributed by atoms with E-state index in [0.29, 0.717) is 29.2 Å². The van der Waals surface area contributed by atoms with Crippen molar-refractivity contribution < 1.29 is 36.6 Å². The van der Waals surface area contributed by atoms with Crippen LogP contribution < -0.4 is 9.64 Å². The molecule has 2 aromatic carbocycles. The predicted molar refractivity (Wildman–Crippen MR) is 97.4 cm³/mol. The van der Waals surface area contributed by atoms with Crippen molar-refractivity contribution in [2.75, 3.05) is 11.4 Å². The molecule has 1 aliphatic heterocycles. The molecule has 1 saturated carbocycles. The summed E-state index contributed by atoms with van der Waals surface area (Å²) in [6.45, 7) is 0.106. The van der Waals surface area contributed by atoms with Crippen molar-refractivity contribution in [1.82, 2.24) is 0 Å². The number of hydrogen-bond donors (Lipinski definition) is 1. The number of rotatable bonds is 4. The summed E-state index contributed by atoms with van der Waals surface area (Å²) in [7, 11) is 0. The second kappa shape index (κ2) is 7.41. The Kier molecular flexibility index (Phi) is 5.00. The molecule has 1 unspecified atom stereocenters. The zero-order chi connectivity index (χ0) is 22.5. The maximum Gasteiger partial charge on any atom is 0.573 e. The fraction of sp³-hybridized carbons (Fsp3) is 0.333. The van der Waals surface area contributed by atoms with Gasteiger partial charge in [-0.1, -0.05) is 12.1 Å². The van der Waals surface area contributed by atoms with Crippen LogP contribution in [0.4, 0.5) is 27.6 Å². The number of carbonyl (C=O) groups is 1. The molecule has 2 atom stereocenters. The first-order valence-corrected chi connectivity index (χ1v) is 9.36. The number of halogens is 5. The molecular weight excluding hydrogens is 423 g/mol. The number of aliphatic carboxylic acids is 1. The number of ether oxygens (including phenoxy) is 1. The van der Waals surface area contributed by atoms with E-state index in [1.54, 1.807) is 6.07 Å². The molecule has 4 rings (SSSR count). The lowest BCUT2D eigenvalue weighted by Gasteiger charge is -2.32. The summed E-state index contributed by atoms with van der Waals surface area (Å²) < 4.78 is 71.3. The number of nitriles is 1. The smallest absolute Gasteiger partial charge is 0.481 e. The van der Waals surface area contributed by atoms with Gasteiger partial charge in [0.25, 0.3) is 0 Å². The van der Waals surface area contributed by atoms with Crippen LogP contribution in [0.5, 0.6) is 5.75 Å². The van der Waals surface area contributed by atoms with E-state index in [9.17, 15) is 26.7 Å². The highest BCUT2D eigenvalue weighted by Crippen LogP contribution is 2.49. The van der Waals surface area contributed by atoms with E-state index < -0.39 is 41.2 Å². The first kappa shape index (κ1) is 20.9. The molecule has 0 spiro atoms. The molecule has 2 aliphatic rings. The molecule has 5 nitrogen and oxygen atoms in total. The molecular formula is C21H15F5N2O3. The number of nitrogens with zero attached hydrogens (tertiary/aromatic N) is 2. The van der Waals surface area contributed by atoms with Crippen LogP contribution in [-0.2, 0) is 17.8 Å². The second-order valence-electron chi connectivity index (χ2n) is 7.53. The van der Waals surface area contributed by atoms with Crippen molar-refractivity contribution in [3.8, 4) is 11.8 Å². The minimum atomic E-state index is -5.01. The van der Waals surface area contributed by atoms with E-state index in [1.165, 1.54) is 17.0 Å². The van der Waals surface area contributed by atoms with Crippen LogP contribution >= 0.6 is 0 Å². The van der Waals surface area contributed by atoms with E-state index in [2.05, 4.69) is 4.74 Å². The number of fused-ring (bicyclic) bond motifs is 1. The minimum absolute atomic E-state index is 0.0107. The SMILES string of the molecule is N#Cc1cc(OC(F)(F)F)cc(N2CCc3c(ccc([C@H]4CC4C(=O)O)c3F)C2)c1F. The molecule has 10 heteroatoms. The highest BCUT2D eigenvalue weighted by molar-refractivity contribution is 5.75. The number of carboxylic acid groups (broad SMARTS) is 1. The highest BCUT2D eigenvalue weighted by Gasteiger charge is 2.46. The first-order chi connectivity index (χ1) is 14.6. The fourth-order valence-electron chi connectivity index (χ4n) is 4.02. The normalized spacial score (nSPS) is 20.1. The molecule has 0 aromatic heterocycles. The largest absolute Gasteiger partial charge is 0.573 e. The van der Waals surface area contributed by atoms with Gasteiger partial charge < -0.3 is 14.7 Å². The lowest BCUT2D eigenvalue weighted by Crippen LogP contribution is -2.32. The van der Waals surface area contributed by atoms with Gasteiger partial charge in [0.2, 0.25) is 0 Å². The van der Waals surface area contributed by atoms with Crippen LogP contribution in [0.25, 0.3) is 0 Å². The molecule has 162 valence electrons. The van der Waals surface area contributed by atoms with Gasteiger partial charge in [-0.25, -0.2) is 8.78 Å². The number of benzene rings is 2. The average Bonchev–Trinajstić information content (AvgIpc) is 3.49. The predicted octanol–water partition coefficient (Wildman–Crippen LogP) is 4.49. The summed E-state index contributed by atoms with van der Waals surface area (Å²) in [5, 5.41) is 18.1. The monoisotopic (exact) mass is 438 g/mol. The van der Waals surface area contributed by atoms with Crippen molar-refractivity contribution in [2.24, 2.45) is 5.92 Å². The van der Waals surface area contributed by atoms with Crippen LogP contribution in [0, 0.1) is 28.9 Å². The quantitative estimate of drug-likeness (QED) is 0.713. The minimum Gasteiger partial charge on any atom is -0.481 e. The Balaban J connectivity index is 1.64. The summed E-state index contributed by atoms with van der Waals surface area (Å²) in [6.07, 6.45) is -4.50. The lowest BCUT2D eigenvalue weighted by atomic mass is 9.94. The van der Waals surface area contributed by atoms with Gasteiger partial charge in [0.15, 0.2) is 5.82 Å². The fourth-order valence-corrected chi connectivity index (χ4v) is 4.02. The molecule has 0 radical (unpaired) electrons. The summed E-state index contributed by atoms with van der Waals surface area (Å²) >= 11 is 0. The topological polar surface area (TPSA) is 73.6 Å². The Hall–Kier alpha value is -3.35. The van der Waals surface area contributed by atoms with Crippen LogP contribution in [-0.4, -0.2) is 24.0 Å². The van der Waals surface area contributed by atoms with Gasteiger partial charge in [0.1, 0.15) is 17.6 Å². The van der Waals surface area contributed by atoms with Crippen LogP contribution in [0.1, 0.15) is 34.6 Å². The number of hydrogen-bond acceptors (Lipinski definition) is 4. The Labute approximate surface area is 173 Å². The third-order valence-electron chi connectivity index (χ3n) is 5.59. The van der Waals surface area contributed by atoms with Crippen molar-refractivity contribution in [1.29, 1.82) is 5.26 Å². The third kappa shape index (κ3) is 4.00. The van der Waals surface area contributed by atoms with Gasteiger partial charge in [0.05, 0.1) is 17.2 Å². The van der Waals surface area contributed by atoms with E-state index in [0.717, 1.165) is 6.07 Å². The standard InChI is InChI=1S/C21H15F5N2O3/c22-18-11(8-27)5-12(31-21(24,25)26)6-17(18)28-4-3-13-10(9-28)1-2-14(19(13)23)15-7-16(15)20(29)30/h1-2,5-6,15-16H,3-4,7,9H2,(H,29,30)/t15-,16?/m1/s1. The van der Waals surface area contributed by atoms with Crippen molar-refractivity contribution in [3.05, 3.63) is 58.2 Å². The first-order valence-electron chi connectivity index (χ1n) is 9.36. The molecule has 2 aromatic rings. The zero-order valence-corrected chi connectivity index (χ0v) is 15.8. The maximum absolute atomic E-state index is 15.0. The zero-order valence-electron chi connectivity index (χ0n) is 15.8. The summed E-state index contributed by atoms with van der Waals surface area (Å²) in [4.78, 5) is 12.5.